The van der Waals surface area contributed by atoms with Crippen LogP contribution in [0.4, 0.5) is 35.5 Å². The van der Waals surface area contributed by atoms with Gasteiger partial charge in [-0.1, -0.05) is 24.8 Å². The van der Waals surface area contributed by atoms with Gasteiger partial charge in [0.25, 0.3) is 0 Å². The molecule has 2 aliphatic heterocycles. The van der Waals surface area contributed by atoms with Gasteiger partial charge in [0.1, 0.15) is 12.4 Å². The van der Waals surface area contributed by atoms with Crippen LogP contribution in [0.3, 0.4) is 0 Å². The molecule has 2 aromatic carbocycles. The molecule has 4 rings (SSSR count). The number of hydrogen-bond donors (Lipinski definition) is 1. The Hall–Kier alpha value is -3.61. The van der Waals surface area contributed by atoms with E-state index >= 15 is 0 Å². The third kappa shape index (κ3) is 7.00. The number of nitrogens with zero attached hydrogens (tertiary/aromatic N) is 1. The molecule has 0 aromatic heterocycles. The highest BCUT2D eigenvalue weighted by atomic mass is 19.4. The van der Waals surface area contributed by atoms with Crippen LogP contribution in [0, 0.1) is 5.82 Å². The number of hydrogen-bond acceptors (Lipinski definition) is 4. The number of benzene rings is 2. The van der Waals surface area contributed by atoms with Crippen molar-refractivity contribution in [1.29, 1.82) is 0 Å². The highest BCUT2D eigenvalue weighted by molar-refractivity contribution is 5.80. The van der Waals surface area contributed by atoms with Crippen molar-refractivity contribution in [1.82, 2.24) is 10.2 Å². The zero-order chi connectivity index (χ0) is 30.1. The predicted molar refractivity (Wildman–Crippen MR) is 132 cm³/mol. The highest BCUT2D eigenvalue weighted by Crippen LogP contribution is 2.44. The summed E-state index contributed by atoms with van der Waals surface area (Å²) in [6, 6.07) is 5.45. The maximum absolute atomic E-state index is 13.7. The number of alkyl halides is 6. The molecule has 2 amide bonds. The van der Waals surface area contributed by atoms with Crippen LogP contribution < -0.4 is 5.32 Å². The molecular formula is C28H27F7N2O4. The highest BCUT2D eigenvalue weighted by Gasteiger charge is 2.50. The Balaban J connectivity index is 1.64. The second-order valence-electron chi connectivity index (χ2n) is 10.0. The van der Waals surface area contributed by atoms with E-state index in [0.717, 1.165) is 0 Å². The summed E-state index contributed by atoms with van der Waals surface area (Å²) in [5.41, 5.74) is -2.72. The lowest BCUT2D eigenvalue weighted by atomic mass is 9.84. The Bertz CT molecular complexity index is 1250. The van der Waals surface area contributed by atoms with Crippen LogP contribution in [0.25, 0.3) is 0 Å². The van der Waals surface area contributed by atoms with Gasteiger partial charge in [-0.05, 0) is 54.8 Å². The molecule has 5 atom stereocenters. The Labute approximate surface area is 231 Å². The fraction of sp³-hybridized carbons (Fsp3) is 0.429. The summed E-state index contributed by atoms with van der Waals surface area (Å²) in [5.74, 6) is -1.48. The number of amides is 2. The summed E-state index contributed by atoms with van der Waals surface area (Å²) in [4.78, 5) is 26.7. The molecule has 2 heterocycles. The van der Waals surface area contributed by atoms with Crippen molar-refractivity contribution >= 4 is 12.0 Å². The molecule has 0 saturated carbocycles. The first-order valence-electron chi connectivity index (χ1n) is 12.7. The van der Waals surface area contributed by atoms with Gasteiger partial charge in [0.15, 0.2) is 0 Å². The number of fused-ring (bicyclic) bond motifs is 1. The fourth-order valence-corrected chi connectivity index (χ4v) is 5.40. The van der Waals surface area contributed by atoms with Crippen LogP contribution in [0.15, 0.2) is 55.1 Å². The summed E-state index contributed by atoms with van der Waals surface area (Å²) >= 11 is 0. The number of alkyl carbamates (subject to hydrolysis) is 1. The van der Waals surface area contributed by atoms with Gasteiger partial charge >= 0.3 is 18.4 Å². The van der Waals surface area contributed by atoms with E-state index in [0.29, 0.717) is 17.7 Å². The van der Waals surface area contributed by atoms with Gasteiger partial charge in [0, 0.05) is 31.0 Å². The molecule has 2 aliphatic rings. The summed E-state index contributed by atoms with van der Waals surface area (Å²) < 4.78 is 105. The molecule has 1 N–H and O–H groups in total. The number of nitrogens with one attached hydrogen (secondary N) is 1. The van der Waals surface area contributed by atoms with Crippen molar-refractivity contribution in [3.05, 3.63) is 83.2 Å². The van der Waals surface area contributed by atoms with Crippen LogP contribution in [-0.2, 0) is 26.6 Å². The van der Waals surface area contributed by atoms with E-state index in [4.69, 9.17) is 9.47 Å². The molecular weight excluding hydrogens is 561 g/mol. The number of carbonyl (C=O) groups is 2. The maximum atomic E-state index is 13.7. The van der Waals surface area contributed by atoms with Gasteiger partial charge in [-0.15, -0.1) is 0 Å². The molecule has 0 bridgehead atoms. The van der Waals surface area contributed by atoms with Gasteiger partial charge < -0.3 is 19.7 Å². The van der Waals surface area contributed by atoms with Crippen molar-refractivity contribution in [3.8, 4) is 0 Å². The van der Waals surface area contributed by atoms with E-state index in [1.54, 1.807) is 0 Å². The molecule has 0 spiro atoms. The van der Waals surface area contributed by atoms with Crippen LogP contribution in [0.5, 0.6) is 0 Å². The van der Waals surface area contributed by atoms with E-state index in [-0.39, 0.29) is 43.5 Å². The number of piperidine rings is 1. The molecule has 0 aliphatic carbocycles. The third-order valence-corrected chi connectivity index (χ3v) is 7.23. The zero-order valence-electron chi connectivity index (χ0n) is 21.8. The lowest BCUT2D eigenvalue weighted by Crippen LogP contribution is -2.51. The molecule has 2 aromatic rings. The topological polar surface area (TPSA) is 67.9 Å². The normalized spacial score (nSPS) is 23.6. The Morgan fingerprint density at radius 1 is 1.10 bits per heavy atom. The fourth-order valence-electron chi connectivity index (χ4n) is 5.40. The molecule has 0 radical (unpaired) electrons. The Kier molecular flexibility index (Phi) is 8.67. The average molecular weight is 589 g/mol. The quantitative estimate of drug-likeness (QED) is 0.301. The molecule has 222 valence electrons. The smallest absolute Gasteiger partial charge is 0.416 e. The zero-order valence-corrected chi connectivity index (χ0v) is 21.8. The lowest BCUT2D eigenvalue weighted by Gasteiger charge is -2.37. The summed E-state index contributed by atoms with van der Waals surface area (Å²) in [5, 5.41) is 2.63. The van der Waals surface area contributed by atoms with Crippen molar-refractivity contribution in [2.45, 2.75) is 62.3 Å². The van der Waals surface area contributed by atoms with Crippen LogP contribution in [0.1, 0.15) is 54.0 Å². The van der Waals surface area contributed by atoms with E-state index in [9.17, 15) is 40.3 Å². The van der Waals surface area contributed by atoms with Gasteiger partial charge in [0.2, 0.25) is 5.91 Å². The van der Waals surface area contributed by atoms with Gasteiger partial charge in [-0.2, -0.15) is 26.3 Å². The molecule has 1 unspecified atom stereocenters. The first-order chi connectivity index (χ1) is 19.2. The summed E-state index contributed by atoms with van der Waals surface area (Å²) in [6.07, 6.45) is -11.3. The SMILES string of the molecule is C=CCOC(=O)NC1CC(=O)N2C[C@H](O[C@H](C)c3cc(C(F)(F)F)cc(C(F)(F)F)c3)[C@@H](c3ccc(F)cc3)[C@@H]2C1. The van der Waals surface area contributed by atoms with Crippen molar-refractivity contribution in [2.24, 2.45) is 0 Å². The van der Waals surface area contributed by atoms with E-state index in [2.05, 4.69) is 11.9 Å². The first kappa shape index (κ1) is 30.4. The molecule has 2 saturated heterocycles. The molecule has 6 nitrogen and oxygen atoms in total. The average Bonchev–Trinajstić information content (AvgIpc) is 3.25. The summed E-state index contributed by atoms with van der Waals surface area (Å²) in [6.45, 7) is 4.74. The number of halogens is 7. The van der Waals surface area contributed by atoms with E-state index in [1.165, 1.54) is 42.2 Å². The molecule has 41 heavy (non-hydrogen) atoms. The minimum absolute atomic E-state index is 0.00535. The van der Waals surface area contributed by atoms with Gasteiger partial charge in [-0.3, -0.25) is 4.79 Å². The first-order valence-corrected chi connectivity index (χ1v) is 12.7. The summed E-state index contributed by atoms with van der Waals surface area (Å²) in [7, 11) is 0. The minimum atomic E-state index is -5.03. The monoisotopic (exact) mass is 588 g/mol. The predicted octanol–water partition coefficient (Wildman–Crippen LogP) is 6.38. The van der Waals surface area contributed by atoms with Crippen molar-refractivity contribution in [3.63, 3.8) is 0 Å². The van der Waals surface area contributed by atoms with Crippen LogP contribution >= 0.6 is 0 Å². The minimum Gasteiger partial charge on any atom is -0.445 e. The van der Waals surface area contributed by atoms with Gasteiger partial charge in [-0.25, -0.2) is 9.18 Å². The van der Waals surface area contributed by atoms with Crippen LogP contribution in [-0.4, -0.2) is 48.2 Å². The number of carbonyl (C=O) groups excluding carboxylic acids is 2. The second kappa shape index (κ2) is 11.7. The largest absolute Gasteiger partial charge is 0.445 e. The van der Waals surface area contributed by atoms with Gasteiger partial charge in [0.05, 0.1) is 23.3 Å². The molecule has 2 fully saturated rings. The lowest BCUT2D eigenvalue weighted by molar-refractivity contribution is -0.143. The van der Waals surface area contributed by atoms with Crippen LogP contribution in [0.2, 0.25) is 0 Å². The second-order valence-corrected chi connectivity index (χ2v) is 10.0. The van der Waals surface area contributed by atoms with Crippen molar-refractivity contribution < 1.29 is 49.8 Å². The van der Waals surface area contributed by atoms with E-state index < -0.39 is 65.6 Å². The Morgan fingerprint density at radius 3 is 2.27 bits per heavy atom. The van der Waals surface area contributed by atoms with E-state index in [1.807, 2.05) is 0 Å². The Morgan fingerprint density at radius 2 is 1.71 bits per heavy atom. The number of ether oxygens (including phenoxy) is 2. The maximum Gasteiger partial charge on any atom is 0.416 e. The van der Waals surface area contributed by atoms with Crippen molar-refractivity contribution in [2.75, 3.05) is 13.2 Å². The molecule has 13 heteroatoms. The third-order valence-electron chi connectivity index (χ3n) is 7.23. The number of rotatable bonds is 7. The standard InChI is InChI=1S/C28H27F7N2O4/c1-3-8-40-26(39)36-21-12-22-25(16-4-6-20(29)7-5-16)23(14-37(22)24(38)13-21)41-15(2)17-9-18(27(30,31)32)11-19(10-17)28(33,34)35/h3-7,9-11,15,21-23,25H,1,8,12-14H2,2H3,(H,36,39)/t15-,21?,22+,23+,25+/m1/s1.